The van der Waals surface area contributed by atoms with Gasteiger partial charge in [0, 0.05) is 40.9 Å². The molecule has 1 saturated heterocycles. The number of benzene rings is 2. The molecule has 2 aromatic rings. The van der Waals surface area contributed by atoms with Crippen molar-refractivity contribution in [3.05, 3.63) is 45.0 Å². The van der Waals surface area contributed by atoms with Crippen LogP contribution in [-0.4, -0.2) is 77.5 Å². The predicted octanol–water partition coefficient (Wildman–Crippen LogP) is 2.64. The predicted molar refractivity (Wildman–Crippen MR) is 152 cm³/mol. The molecule has 6 rings (SSSR count). The number of ether oxygens (including phenoxy) is 2. The highest BCUT2D eigenvalue weighted by molar-refractivity contribution is 5.81. The summed E-state index contributed by atoms with van der Waals surface area (Å²) in [5.74, 6) is 1.41. The van der Waals surface area contributed by atoms with E-state index >= 15 is 0 Å². The summed E-state index contributed by atoms with van der Waals surface area (Å²) >= 11 is 0. The number of hydrogen-bond donors (Lipinski definition) is 4. The quantitative estimate of drug-likeness (QED) is 0.435. The molecule has 0 radical (unpaired) electrons. The molecule has 2 bridgehead atoms. The van der Waals surface area contributed by atoms with Crippen LogP contribution < -0.4 is 20.1 Å². The van der Waals surface area contributed by atoms with Crippen molar-refractivity contribution in [1.82, 2.24) is 20.4 Å². The van der Waals surface area contributed by atoms with Crippen molar-refractivity contribution in [3.63, 3.8) is 0 Å². The zero-order valence-electron chi connectivity index (χ0n) is 24.5. The Hall–Kier alpha value is -3.52. The van der Waals surface area contributed by atoms with Crippen molar-refractivity contribution in [2.24, 2.45) is 0 Å². The molecule has 4 aliphatic rings. The van der Waals surface area contributed by atoms with Crippen LogP contribution in [0.4, 0.5) is 0 Å². The van der Waals surface area contributed by atoms with Gasteiger partial charge in [-0.05, 0) is 70.8 Å². The number of carbonyl (C=O) groups is 1. The number of nitrogens with zero attached hydrogens (tertiary/aromatic N) is 3. The lowest BCUT2D eigenvalue weighted by atomic mass is 9.71. The number of rotatable bonds is 5. The van der Waals surface area contributed by atoms with E-state index in [-0.39, 0.29) is 49.2 Å². The maximum atomic E-state index is 13.1. The third kappa shape index (κ3) is 3.90. The second-order valence-corrected chi connectivity index (χ2v) is 11.9. The number of phenols is 2. The normalized spacial score (nSPS) is 26.9. The van der Waals surface area contributed by atoms with Crippen molar-refractivity contribution < 1.29 is 24.5 Å². The highest BCUT2D eigenvalue weighted by Crippen LogP contribution is 2.57. The lowest BCUT2D eigenvalue weighted by Crippen LogP contribution is -2.68. The molecule has 10 nitrogen and oxygen atoms in total. The molecule has 10 heteroatoms. The molecule has 218 valence electrons. The molecule has 2 aromatic carbocycles. The van der Waals surface area contributed by atoms with Gasteiger partial charge in [0.1, 0.15) is 17.5 Å². The van der Waals surface area contributed by atoms with Gasteiger partial charge in [-0.2, -0.15) is 5.26 Å². The first-order valence-corrected chi connectivity index (χ1v) is 14.4. The summed E-state index contributed by atoms with van der Waals surface area (Å²) in [4.78, 5) is 17.6. The van der Waals surface area contributed by atoms with E-state index in [4.69, 9.17) is 9.47 Å². The van der Waals surface area contributed by atoms with Gasteiger partial charge in [0.05, 0.1) is 24.2 Å². The number of nitrogens with one attached hydrogen (secondary N) is 2. The lowest BCUT2D eigenvalue weighted by molar-refractivity contribution is -0.124. The summed E-state index contributed by atoms with van der Waals surface area (Å²) in [5.41, 5.74) is 5.96. The monoisotopic (exact) mass is 561 g/mol. The number of hydrogen-bond acceptors (Lipinski definition) is 9. The minimum absolute atomic E-state index is 0.0434. The number of fused-ring (bicyclic) bond motifs is 9. The first-order chi connectivity index (χ1) is 19.6. The minimum atomic E-state index is -0.499. The van der Waals surface area contributed by atoms with Crippen LogP contribution in [0.3, 0.4) is 0 Å². The van der Waals surface area contributed by atoms with Gasteiger partial charge in [0.2, 0.25) is 12.7 Å². The second kappa shape index (κ2) is 10.1. The van der Waals surface area contributed by atoms with E-state index in [1.807, 2.05) is 34.7 Å². The number of aryl methyl sites for hydroxylation is 1. The van der Waals surface area contributed by atoms with Crippen LogP contribution in [0.1, 0.15) is 64.4 Å². The van der Waals surface area contributed by atoms with Crippen LogP contribution in [0, 0.1) is 32.1 Å². The highest BCUT2D eigenvalue weighted by Gasteiger charge is 2.56. The number of nitriles is 1. The summed E-state index contributed by atoms with van der Waals surface area (Å²) in [6, 6.07) is 2.86. The van der Waals surface area contributed by atoms with Gasteiger partial charge in [-0.3, -0.25) is 14.6 Å². The van der Waals surface area contributed by atoms with Crippen LogP contribution in [-0.2, 0) is 17.6 Å². The fraction of sp³-hybridized carbons (Fsp3) is 0.548. The van der Waals surface area contributed by atoms with Crippen LogP contribution >= 0.6 is 0 Å². The van der Waals surface area contributed by atoms with Gasteiger partial charge in [-0.1, -0.05) is 13.0 Å². The molecular formula is C31H39N5O5. The van der Waals surface area contributed by atoms with Crippen LogP contribution in [0.15, 0.2) is 6.07 Å². The highest BCUT2D eigenvalue weighted by atomic mass is 16.7. The van der Waals surface area contributed by atoms with Crippen LogP contribution in [0.2, 0.25) is 0 Å². The van der Waals surface area contributed by atoms with Crippen LogP contribution in [0.5, 0.6) is 23.0 Å². The molecule has 4 aliphatic heterocycles. The fourth-order valence-electron chi connectivity index (χ4n) is 7.75. The lowest BCUT2D eigenvalue weighted by Gasteiger charge is -2.60. The van der Waals surface area contributed by atoms with Gasteiger partial charge >= 0.3 is 0 Å². The van der Waals surface area contributed by atoms with E-state index < -0.39 is 12.1 Å². The van der Waals surface area contributed by atoms with Crippen molar-refractivity contribution in [2.75, 3.05) is 27.4 Å². The average Bonchev–Trinajstić information content (AvgIpc) is 3.44. The van der Waals surface area contributed by atoms with Gasteiger partial charge < -0.3 is 30.3 Å². The Morgan fingerprint density at radius 1 is 1.12 bits per heavy atom. The third-order valence-corrected chi connectivity index (χ3v) is 10.0. The summed E-state index contributed by atoms with van der Waals surface area (Å²) < 4.78 is 11.8. The molecule has 0 aliphatic carbocycles. The molecule has 1 unspecified atom stereocenters. The number of phenolic OH excluding ortho intramolecular Hbond substituents is 2. The van der Waals surface area contributed by atoms with Crippen molar-refractivity contribution in [3.8, 4) is 29.1 Å². The number of carbonyl (C=O) groups excluding carboxylic acids is 1. The molecule has 4 heterocycles. The molecule has 1 amide bonds. The van der Waals surface area contributed by atoms with Crippen LogP contribution in [0.25, 0.3) is 0 Å². The van der Waals surface area contributed by atoms with Gasteiger partial charge in [-0.15, -0.1) is 0 Å². The maximum Gasteiger partial charge on any atom is 0.237 e. The van der Waals surface area contributed by atoms with Crippen molar-refractivity contribution >= 4 is 5.91 Å². The topological polar surface area (TPSA) is 130 Å². The Labute approximate surface area is 240 Å². The zero-order chi connectivity index (χ0) is 29.3. The van der Waals surface area contributed by atoms with E-state index in [1.54, 1.807) is 7.05 Å². The fourth-order valence-corrected chi connectivity index (χ4v) is 7.75. The molecule has 6 atom stereocenters. The maximum absolute atomic E-state index is 13.1. The van der Waals surface area contributed by atoms with E-state index in [2.05, 4.69) is 32.6 Å². The Bertz CT molecular complexity index is 1460. The summed E-state index contributed by atoms with van der Waals surface area (Å²) in [6.07, 6.45) is 1.70. The first-order valence-electron chi connectivity index (χ1n) is 14.4. The average molecular weight is 562 g/mol. The molecule has 0 aromatic heterocycles. The Morgan fingerprint density at radius 2 is 1.85 bits per heavy atom. The Morgan fingerprint density at radius 3 is 2.54 bits per heavy atom. The molecule has 41 heavy (non-hydrogen) atoms. The molecular weight excluding hydrogens is 522 g/mol. The summed E-state index contributed by atoms with van der Waals surface area (Å²) in [7, 11) is 3.80. The van der Waals surface area contributed by atoms with E-state index in [0.29, 0.717) is 42.1 Å². The second-order valence-electron chi connectivity index (χ2n) is 11.9. The summed E-state index contributed by atoms with van der Waals surface area (Å²) in [6.45, 7) is 7.98. The first kappa shape index (κ1) is 27.6. The Balaban J connectivity index is 1.55. The number of aromatic hydroxyl groups is 2. The molecule has 0 saturated carbocycles. The van der Waals surface area contributed by atoms with Gasteiger partial charge in [0.25, 0.3) is 0 Å². The molecule has 0 spiro atoms. The van der Waals surface area contributed by atoms with Crippen molar-refractivity contribution in [1.29, 1.82) is 5.26 Å². The standard InChI is InChI=1S/C31H39N5O5/c1-7-19(33-5)31(39)34-12-23-25-18(27(37)16(4)29-30(25)41-13-40-29)10-21-26-24-17(8-14(2)15(3)28(24)38)9-20(35(26)6)22(11-32)36(21)23/h8,19-23,26,33,37-38H,7,9-10,12-13H2,1-6H3,(H,34,39)/t19-,20-,21?,22-,23-,26+/m0/s1. The van der Waals surface area contributed by atoms with Gasteiger partial charge in [-0.25, -0.2) is 0 Å². The van der Waals surface area contributed by atoms with E-state index in [0.717, 1.165) is 33.4 Å². The third-order valence-electron chi connectivity index (χ3n) is 10.0. The Kier molecular flexibility index (Phi) is 6.80. The smallest absolute Gasteiger partial charge is 0.237 e. The zero-order valence-corrected chi connectivity index (χ0v) is 24.5. The summed E-state index contributed by atoms with van der Waals surface area (Å²) in [5, 5.41) is 39.9. The van der Waals surface area contributed by atoms with E-state index in [9.17, 15) is 20.3 Å². The van der Waals surface area contributed by atoms with Crippen molar-refractivity contribution in [2.45, 2.75) is 83.2 Å². The van der Waals surface area contributed by atoms with E-state index in [1.165, 1.54) is 0 Å². The van der Waals surface area contributed by atoms with Gasteiger partial charge in [0.15, 0.2) is 11.5 Å². The number of amides is 1. The molecule has 4 N–H and O–H groups in total. The number of piperazine rings is 1. The largest absolute Gasteiger partial charge is 0.507 e. The minimum Gasteiger partial charge on any atom is -0.507 e. The molecule has 1 fully saturated rings. The SMILES string of the molecule is CC[C@H](NC)C(=O)NC[C@H]1c2c(c(O)c(C)c3c2OCO3)CC2[C@@H]3c4c(cc(C)c(C)c4O)C[C@@H]([C@H](C#N)N21)N3C. The number of likely N-dealkylation sites (N-methyl/N-ethyl adjacent to an activating group) is 2.